The van der Waals surface area contributed by atoms with Gasteiger partial charge in [0.1, 0.15) is 4.64 Å². The monoisotopic (exact) mass is 275 g/mol. The molecule has 0 spiro atoms. The second kappa shape index (κ2) is 6.15. The average Bonchev–Trinajstić information content (AvgIpc) is 2.43. The normalized spacial score (nSPS) is 10.9. The molecule has 0 N–H and O–H groups in total. The van der Waals surface area contributed by atoms with Crippen molar-refractivity contribution < 1.29 is 0 Å². The van der Waals surface area contributed by atoms with Crippen LogP contribution in [0.25, 0.3) is 11.0 Å². The van der Waals surface area contributed by atoms with E-state index in [0.29, 0.717) is 0 Å². The zero-order valence-electron chi connectivity index (χ0n) is 11.9. The quantitative estimate of drug-likeness (QED) is 0.774. The second-order valence-corrected chi connectivity index (χ2v) is 5.15. The molecular weight excluding hydrogens is 254 g/mol. The van der Waals surface area contributed by atoms with Crippen LogP contribution in [0.1, 0.15) is 32.3 Å². The molecule has 0 unspecified atom stereocenters. The molecular formula is C15H21N3S. The fourth-order valence-corrected chi connectivity index (χ4v) is 2.52. The predicted molar refractivity (Wildman–Crippen MR) is 83.8 cm³/mol. The molecule has 0 aliphatic carbocycles. The Balaban J connectivity index is 2.62. The maximum absolute atomic E-state index is 5.59. The van der Waals surface area contributed by atoms with Gasteiger partial charge in [0.05, 0.1) is 0 Å². The number of hydrogen-bond acceptors (Lipinski definition) is 3. The van der Waals surface area contributed by atoms with Crippen LogP contribution < -0.4 is 5.01 Å². The van der Waals surface area contributed by atoms with Crippen LogP contribution in [0.5, 0.6) is 0 Å². The number of unbranched alkanes of at least 4 members (excludes halogenated alkanes) is 1. The van der Waals surface area contributed by atoms with E-state index in [4.69, 9.17) is 12.2 Å². The molecule has 4 heteroatoms. The van der Waals surface area contributed by atoms with Crippen molar-refractivity contribution in [3.05, 3.63) is 34.6 Å². The smallest absolute Gasteiger partial charge is 0.159 e. The number of hydrogen-bond donors (Lipinski definition) is 0. The number of fused-ring (bicyclic) bond motifs is 1. The largest absolute Gasteiger partial charge is 0.310 e. The van der Waals surface area contributed by atoms with Gasteiger partial charge in [0.25, 0.3) is 0 Å². The van der Waals surface area contributed by atoms with E-state index in [1.807, 2.05) is 12.3 Å². The predicted octanol–water partition coefficient (Wildman–Crippen LogP) is 3.83. The zero-order valence-corrected chi connectivity index (χ0v) is 12.7. The third-order valence-corrected chi connectivity index (χ3v) is 3.83. The highest BCUT2D eigenvalue weighted by atomic mass is 32.1. The van der Waals surface area contributed by atoms with E-state index in [2.05, 4.69) is 47.6 Å². The molecule has 0 amide bonds. The fourth-order valence-electron chi connectivity index (χ4n) is 2.26. The molecule has 0 radical (unpaired) electrons. The third kappa shape index (κ3) is 2.78. The Bertz CT molecular complexity index is 618. The van der Waals surface area contributed by atoms with Crippen molar-refractivity contribution in [3.8, 4) is 0 Å². The van der Waals surface area contributed by atoms with Crippen molar-refractivity contribution in [1.29, 1.82) is 0 Å². The summed E-state index contributed by atoms with van der Waals surface area (Å²) < 4.78 is 2.97. The summed E-state index contributed by atoms with van der Waals surface area (Å²) in [6.07, 6.45) is 4.18. The number of pyridine rings is 2. The first kappa shape index (κ1) is 14.0. The lowest BCUT2D eigenvalue weighted by Crippen LogP contribution is -2.36. The van der Waals surface area contributed by atoms with Crippen LogP contribution in [0.2, 0.25) is 0 Å². The number of aryl methyl sites for hydroxylation is 1. The van der Waals surface area contributed by atoms with E-state index < -0.39 is 0 Å². The van der Waals surface area contributed by atoms with Crippen molar-refractivity contribution in [2.45, 2.75) is 33.6 Å². The Morgan fingerprint density at radius 3 is 2.84 bits per heavy atom. The summed E-state index contributed by atoms with van der Waals surface area (Å²) in [7, 11) is 0. The lowest BCUT2D eigenvalue weighted by Gasteiger charge is -2.27. The fraction of sp³-hybridized carbons (Fsp3) is 0.467. The van der Waals surface area contributed by atoms with Crippen molar-refractivity contribution in [3.63, 3.8) is 0 Å². The summed E-state index contributed by atoms with van der Waals surface area (Å²) in [6.45, 7) is 8.38. The summed E-state index contributed by atoms with van der Waals surface area (Å²) in [4.78, 5) is 4.51. The van der Waals surface area contributed by atoms with Gasteiger partial charge in [0.2, 0.25) is 0 Å². The molecule has 0 fully saturated rings. The van der Waals surface area contributed by atoms with Crippen LogP contribution in [-0.2, 0) is 0 Å². The van der Waals surface area contributed by atoms with E-state index in [-0.39, 0.29) is 0 Å². The van der Waals surface area contributed by atoms with Crippen molar-refractivity contribution in [2.75, 3.05) is 18.1 Å². The molecule has 0 aliphatic heterocycles. The molecule has 102 valence electrons. The summed E-state index contributed by atoms with van der Waals surface area (Å²) in [5.74, 6) is 0. The Morgan fingerprint density at radius 2 is 2.16 bits per heavy atom. The minimum Gasteiger partial charge on any atom is -0.310 e. The summed E-state index contributed by atoms with van der Waals surface area (Å²) in [5.41, 5.74) is 2.08. The van der Waals surface area contributed by atoms with E-state index in [1.165, 1.54) is 6.42 Å². The Kier molecular flexibility index (Phi) is 4.53. The van der Waals surface area contributed by atoms with E-state index in [9.17, 15) is 0 Å². The molecule has 2 heterocycles. The van der Waals surface area contributed by atoms with Gasteiger partial charge in [0.15, 0.2) is 5.65 Å². The molecule has 0 atom stereocenters. The van der Waals surface area contributed by atoms with Gasteiger partial charge in [-0.1, -0.05) is 25.6 Å². The van der Waals surface area contributed by atoms with Gasteiger partial charge >= 0.3 is 0 Å². The molecule has 2 aromatic heterocycles. The molecule has 0 saturated heterocycles. The minimum atomic E-state index is 0.865. The lowest BCUT2D eigenvalue weighted by atomic mass is 10.2. The van der Waals surface area contributed by atoms with Gasteiger partial charge in [-0.3, -0.25) is 0 Å². The summed E-state index contributed by atoms with van der Waals surface area (Å²) in [5, 5.41) is 3.43. The van der Waals surface area contributed by atoms with Gasteiger partial charge in [-0.25, -0.2) is 9.66 Å². The molecule has 0 bridgehead atoms. The molecule has 19 heavy (non-hydrogen) atoms. The van der Waals surface area contributed by atoms with Crippen molar-refractivity contribution >= 4 is 23.3 Å². The molecule has 3 nitrogen and oxygen atoms in total. The molecule has 0 aliphatic rings. The topological polar surface area (TPSA) is 21.1 Å². The molecule has 2 rings (SSSR count). The number of aromatic nitrogens is 2. The van der Waals surface area contributed by atoms with Gasteiger partial charge in [-0.15, -0.1) is 0 Å². The highest BCUT2D eigenvalue weighted by Gasteiger charge is 2.10. The van der Waals surface area contributed by atoms with Gasteiger partial charge < -0.3 is 5.01 Å². The summed E-state index contributed by atoms with van der Waals surface area (Å²) >= 11 is 5.59. The first-order valence-corrected chi connectivity index (χ1v) is 7.32. The molecule has 0 saturated carbocycles. The van der Waals surface area contributed by atoms with Crippen LogP contribution in [-0.4, -0.2) is 22.7 Å². The number of nitrogens with zero attached hydrogens (tertiary/aromatic N) is 3. The van der Waals surface area contributed by atoms with E-state index in [0.717, 1.165) is 40.7 Å². The van der Waals surface area contributed by atoms with Crippen LogP contribution in [0.3, 0.4) is 0 Å². The molecule has 2 aromatic rings. The first-order valence-electron chi connectivity index (χ1n) is 6.91. The zero-order chi connectivity index (χ0) is 13.8. The van der Waals surface area contributed by atoms with Crippen molar-refractivity contribution in [1.82, 2.24) is 9.66 Å². The van der Waals surface area contributed by atoms with Crippen LogP contribution in [0, 0.1) is 11.6 Å². The Labute approximate surface area is 119 Å². The van der Waals surface area contributed by atoms with Gasteiger partial charge in [-0.05, 0) is 44.0 Å². The molecule has 0 aromatic carbocycles. The van der Waals surface area contributed by atoms with E-state index in [1.54, 1.807) is 0 Å². The SMILES string of the molecule is CCCCN(CC)n1c(=S)c(C)cc2cccnc21. The maximum Gasteiger partial charge on any atom is 0.159 e. The van der Waals surface area contributed by atoms with Crippen molar-refractivity contribution in [2.24, 2.45) is 0 Å². The second-order valence-electron chi connectivity index (χ2n) is 4.76. The summed E-state index contributed by atoms with van der Waals surface area (Å²) in [6, 6.07) is 6.18. The highest BCUT2D eigenvalue weighted by molar-refractivity contribution is 7.71. The standard InChI is InChI=1S/C15H21N3S/c1-4-6-10-17(5-2)18-14-13(8-7-9-16-14)11-12(3)15(18)19/h7-9,11H,4-6,10H2,1-3H3. The minimum absolute atomic E-state index is 0.865. The Morgan fingerprint density at radius 1 is 1.37 bits per heavy atom. The third-order valence-electron chi connectivity index (χ3n) is 3.34. The van der Waals surface area contributed by atoms with Crippen LogP contribution in [0.4, 0.5) is 0 Å². The lowest BCUT2D eigenvalue weighted by molar-refractivity contribution is 0.578. The van der Waals surface area contributed by atoms with Gasteiger partial charge in [-0.2, -0.15) is 0 Å². The van der Waals surface area contributed by atoms with Gasteiger partial charge in [0, 0.05) is 24.7 Å². The van der Waals surface area contributed by atoms with Crippen LogP contribution in [0.15, 0.2) is 24.4 Å². The van der Waals surface area contributed by atoms with E-state index >= 15 is 0 Å². The van der Waals surface area contributed by atoms with Crippen LogP contribution >= 0.6 is 12.2 Å². The number of rotatable bonds is 5. The average molecular weight is 275 g/mol. The highest BCUT2D eigenvalue weighted by Crippen LogP contribution is 2.16. The maximum atomic E-state index is 5.59. The first-order chi connectivity index (χ1) is 9.19. The Hall–Kier alpha value is -1.42.